The Morgan fingerprint density at radius 3 is 2.33 bits per heavy atom. The molecular formula is C25H19N5. The number of nitrogens with one attached hydrogen (secondary N) is 1. The Kier molecular flexibility index (Phi) is 4.84. The molecule has 0 saturated heterocycles. The molecule has 0 unspecified atom stereocenters. The first-order chi connectivity index (χ1) is 14.9. The molecule has 144 valence electrons. The Bertz CT molecular complexity index is 1270. The third-order valence-corrected chi connectivity index (χ3v) is 4.96. The van der Waals surface area contributed by atoms with Crippen LogP contribution in [0.3, 0.4) is 0 Å². The van der Waals surface area contributed by atoms with Crippen LogP contribution in [0.4, 0.5) is 5.82 Å². The number of hydrogen-bond acceptors (Lipinski definition) is 5. The summed E-state index contributed by atoms with van der Waals surface area (Å²) in [6, 6.07) is 26.4. The van der Waals surface area contributed by atoms with Crippen LogP contribution in [0, 0.1) is 0 Å². The van der Waals surface area contributed by atoms with Gasteiger partial charge in [-0.2, -0.15) is 0 Å². The molecular weight excluding hydrogens is 370 g/mol. The molecule has 3 heterocycles. The number of fused-ring (bicyclic) bond motifs is 1. The maximum Gasteiger partial charge on any atom is 0.137 e. The molecule has 0 aliphatic rings. The largest absolute Gasteiger partial charge is 0.365 e. The minimum atomic E-state index is 0.627. The summed E-state index contributed by atoms with van der Waals surface area (Å²) in [6.45, 7) is 0.627. The summed E-state index contributed by atoms with van der Waals surface area (Å²) in [5, 5.41) is 4.41. The number of rotatable bonds is 5. The number of hydrogen-bond donors (Lipinski definition) is 1. The van der Waals surface area contributed by atoms with Crippen molar-refractivity contribution in [3.63, 3.8) is 0 Å². The predicted molar refractivity (Wildman–Crippen MR) is 120 cm³/mol. The Morgan fingerprint density at radius 2 is 1.53 bits per heavy atom. The van der Waals surface area contributed by atoms with E-state index in [1.54, 1.807) is 12.5 Å². The molecule has 0 radical (unpaired) electrons. The number of nitrogens with zero attached hydrogens (tertiary/aromatic N) is 4. The molecule has 0 atom stereocenters. The predicted octanol–water partition coefficient (Wildman–Crippen LogP) is 5.37. The average molecular weight is 389 g/mol. The lowest BCUT2D eigenvalue weighted by molar-refractivity contribution is 1.08. The summed E-state index contributed by atoms with van der Waals surface area (Å²) in [6.07, 6.45) is 5.24. The van der Waals surface area contributed by atoms with Crippen LogP contribution in [-0.2, 0) is 6.54 Å². The van der Waals surface area contributed by atoms with Crippen LogP contribution in [0.1, 0.15) is 5.56 Å². The van der Waals surface area contributed by atoms with Gasteiger partial charge in [0.25, 0.3) is 0 Å². The van der Waals surface area contributed by atoms with E-state index in [2.05, 4.69) is 61.7 Å². The van der Waals surface area contributed by atoms with Crippen LogP contribution in [-0.4, -0.2) is 19.9 Å². The highest BCUT2D eigenvalue weighted by Gasteiger charge is 2.07. The Hall–Kier alpha value is -4.12. The molecule has 2 aromatic carbocycles. The van der Waals surface area contributed by atoms with Crippen LogP contribution in [0.5, 0.6) is 0 Å². The van der Waals surface area contributed by atoms with Gasteiger partial charge in [-0.1, -0.05) is 48.5 Å². The molecule has 3 aromatic heterocycles. The first-order valence-corrected chi connectivity index (χ1v) is 9.77. The van der Waals surface area contributed by atoms with Crippen molar-refractivity contribution in [2.45, 2.75) is 6.54 Å². The van der Waals surface area contributed by atoms with Crippen LogP contribution in [0.15, 0.2) is 97.6 Å². The van der Waals surface area contributed by atoms with Gasteiger partial charge in [0.05, 0.1) is 16.9 Å². The van der Waals surface area contributed by atoms with E-state index in [-0.39, 0.29) is 0 Å². The highest BCUT2D eigenvalue weighted by molar-refractivity contribution is 5.91. The summed E-state index contributed by atoms with van der Waals surface area (Å²) in [7, 11) is 0. The first kappa shape index (κ1) is 17.9. The van der Waals surface area contributed by atoms with Crippen LogP contribution in [0.2, 0.25) is 0 Å². The smallest absolute Gasteiger partial charge is 0.137 e. The molecule has 30 heavy (non-hydrogen) atoms. The van der Waals surface area contributed by atoms with E-state index in [0.29, 0.717) is 6.54 Å². The average Bonchev–Trinajstić information content (AvgIpc) is 2.84. The maximum absolute atomic E-state index is 4.53. The van der Waals surface area contributed by atoms with E-state index in [4.69, 9.17) is 0 Å². The third-order valence-electron chi connectivity index (χ3n) is 4.96. The molecule has 0 spiro atoms. The molecule has 5 rings (SSSR count). The SMILES string of the molecule is c1ccc(-c2ccc3c(NCc4ccc(-c5ccccn5)nc4)ncnc3c2)cc1. The monoisotopic (exact) mass is 389 g/mol. The van der Waals surface area contributed by atoms with Gasteiger partial charge in [-0.3, -0.25) is 9.97 Å². The normalized spacial score (nSPS) is 10.8. The standard InChI is InChI=1S/C25H19N5/c1-2-6-19(7-3-1)20-10-11-21-24(14-20)29-17-30-25(21)28-16-18-9-12-23(27-15-18)22-8-4-5-13-26-22/h1-15,17H,16H2,(H,28,29,30). The molecule has 5 nitrogen and oxygen atoms in total. The zero-order valence-corrected chi connectivity index (χ0v) is 16.2. The summed E-state index contributed by atoms with van der Waals surface area (Å²) in [5.41, 5.74) is 6.03. The van der Waals surface area contributed by atoms with E-state index < -0.39 is 0 Å². The fourth-order valence-corrected chi connectivity index (χ4v) is 3.39. The number of anilines is 1. The summed E-state index contributed by atoms with van der Waals surface area (Å²) >= 11 is 0. The van der Waals surface area contributed by atoms with Crippen molar-refractivity contribution in [3.05, 3.63) is 103 Å². The van der Waals surface area contributed by atoms with Crippen LogP contribution >= 0.6 is 0 Å². The quantitative estimate of drug-likeness (QED) is 0.438. The van der Waals surface area contributed by atoms with Gasteiger partial charge >= 0.3 is 0 Å². The second-order valence-corrected chi connectivity index (χ2v) is 6.94. The maximum atomic E-state index is 4.53. The molecule has 0 aliphatic carbocycles. The van der Waals surface area contributed by atoms with E-state index in [9.17, 15) is 0 Å². The van der Waals surface area contributed by atoms with Gasteiger partial charge in [0.2, 0.25) is 0 Å². The van der Waals surface area contributed by atoms with Gasteiger partial charge < -0.3 is 5.32 Å². The topological polar surface area (TPSA) is 63.6 Å². The fraction of sp³-hybridized carbons (Fsp3) is 0.0400. The highest BCUT2D eigenvalue weighted by Crippen LogP contribution is 2.26. The van der Waals surface area contributed by atoms with Crippen molar-refractivity contribution in [1.82, 2.24) is 19.9 Å². The van der Waals surface area contributed by atoms with Crippen molar-refractivity contribution >= 4 is 16.7 Å². The Morgan fingerprint density at radius 1 is 0.667 bits per heavy atom. The van der Waals surface area contributed by atoms with Crippen molar-refractivity contribution < 1.29 is 0 Å². The second kappa shape index (κ2) is 8.09. The van der Waals surface area contributed by atoms with Gasteiger partial charge in [0, 0.05) is 24.3 Å². The minimum absolute atomic E-state index is 0.627. The third kappa shape index (κ3) is 3.73. The van der Waals surface area contributed by atoms with Gasteiger partial charge in [-0.05, 0) is 47.0 Å². The van der Waals surface area contributed by atoms with E-state index >= 15 is 0 Å². The van der Waals surface area contributed by atoms with Crippen molar-refractivity contribution in [2.75, 3.05) is 5.32 Å². The van der Waals surface area contributed by atoms with Gasteiger partial charge in [0.1, 0.15) is 12.1 Å². The van der Waals surface area contributed by atoms with E-state index in [0.717, 1.165) is 39.2 Å². The molecule has 1 N–H and O–H groups in total. The second-order valence-electron chi connectivity index (χ2n) is 6.94. The van der Waals surface area contributed by atoms with Gasteiger partial charge in [-0.25, -0.2) is 9.97 Å². The highest BCUT2D eigenvalue weighted by atomic mass is 15.0. The molecule has 0 fully saturated rings. The molecule has 0 aliphatic heterocycles. The van der Waals surface area contributed by atoms with E-state index in [1.165, 1.54) is 5.56 Å². The molecule has 5 aromatic rings. The molecule has 5 heteroatoms. The van der Waals surface area contributed by atoms with Crippen LogP contribution in [0.25, 0.3) is 33.4 Å². The Balaban J connectivity index is 1.35. The lowest BCUT2D eigenvalue weighted by atomic mass is 10.0. The number of aromatic nitrogens is 4. The van der Waals surface area contributed by atoms with Gasteiger partial charge in [-0.15, -0.1) is 0 Å². The van der Waals surface area contributed by atoms with E-state index in [1.807, 2.05) is 48.7 Å². The fourth-order valence-electron chi connectivity index (χ4n) is 3.39. The minimum Gasteiger partial charge on any atom is -0.365 e. The molecule has 0 amide bonds. The van der Waals surface area contributed by atoms with Crippen molar-refractivity contribution in [3.8, 4) is 22.5 Å². The van der Waals surface area contributed by atoms with Crippen molar-refractivity contribution in [2.24, 2.45) is 0 Å². The lowest BCUT2D eigenvalue weighted by Gasteiger charge is -2.10. The molecule has 0 saturated carbocycles. The zero-order valence-electron chi connectivity index (χ0n) is 16.2. The molecule has 0 bridgehead atoms. The first-order valence-electron chi connectivity index (χ1n) is 9.77. The summed E-state index contributed by atoms with van der Waals surface area (Å²) in [4.78, 5) is 17.8. The zero-order chi connectivity index (χ0) is 20.2. The summed E-state index contributed by atoms with van der Waals surface area (Å²) < 4.78 is 0. The number of benzene rings is 2. The number of pyridine rings is 2. The van der Waals surface area contributed by atoms with Gasteiger partial charge in [0.15, 0.2) is 0 Å². The lowest BCUT2D eigenvalue weighted by Crippen LogP contribution is -2.03. The van der Waals surface area contributed by atoms with Crippen molar-refractivity contribution in [1.29, 1.82) is 0 Å². The summed E-state index contributed by atoms with van der Waals surface area (Å²) in [5.74, 6) is 0.813. The Labute approximate surface area is 174 Å². The van der Waals surface area contributed by atoms with Crippen LogP contribution < -0.4 is 5.32 Å².